The standard InChI is InChI=1S/C16H18ClN3O4S2/c1-4-12(24-10-5-6-11(17)9(2)7-10)14(22)18-15-19-20-16(26-15)25-8-13(21)23-3/h5-7,12H,4,8H2,1-3H3,(H,18,19,22)/t12-/m1/s1. The van der Waals surface area contributed by atoms with Crippen LogP contribution in [0.2, 0.25) is 5.02 Å². The second-order valence-corrected chi connectivity index (χ2v) is 7.76. The number of benzene rings is 1. The van der Waals surface area contributed by atoms with Crippen molar-refractivity contribution in [3.05, 3.63) is 28.8 Å². The second kappa shape index (κ2) is 9.75. The summed E-state index contributed by atoms with van der Waals surface area (Å²) in [5, 5.41) is 11.5. The number of aromatic nitrogens is 2. The Labute approximate surface area is 164 Å². The van der Waals surface area contributed by atoms with Crippen molar-refractivity contribution in [1.82, 2.24) is 10.2 Å². The number of hydrogen-bond acceptors (Lipinski definition) is 8. The summed E-state index contributed by atoms with van der Waals surface area (Å²) in [5.74, 6) is 0.0325. The molecule has 140 valence electrons. The molecule has 10 heteroatoms. The van der Waals surface area contributed by atoms with E-state index in [1.165, 1.54) is 30.2 Å². The topological polar surface area (TPSA) is 90.4 Å². The molecule has 26 heavy (non-hydrogen) atoms. The zero-order chi connectivity index (χ0) is 19.1. The van der Waals surface area contributed by atoms with E-state index < -0.39 is 6.10 Å². The van der Waals surface area contributed by atoms with E-state index in [1.54, 1.807) is 18.2 Å². The molecule has 2 rings (SSSR count). The molecule has 1 N–H and O–H groups in total. The number of carbonyl (C=O) groups excluding carboxylic acids is 2. The molecule has 0 bridgehead atoms. The van der Waals surface area contributed by atoms with Crippen molar-refractivity contribution in [2.75, 3.05) is 18.2 Å². The van der Waals surface area contributed by atoms with Gasteiger partial charge in [0, 0.05) is 5.02 Å². The van der Waals surface area contributed by atoms with Crippen molar-refractivity contribution in [3.8, 4) is 5.75 Å². The number of thioether (sulfide) groups is 1. The van der Waals surface area contributed by atoms with Crippen LogP contribution in [0.15, 0.2) is 22.5 Å². The lowest BCUT2D eigenvalue weighted by Crippen LogP contribution is -2.32. The van der Waals surface area contributed by atoms with Crippen LogP contribution in [0.5, 0.6) is 5.75 Å². The summed E-state index contributed by atoms with van der Waals surface area (Å²) in [6.45, 7) is 3.72. The molecular formula is C16H18ClN3O4S2. The van der Waals surface area contributed by atoms with E-state index in [9.17, 15) is 9.59 Å². The van der Waals surface area contributed by atoms with Crippen LogP contribution in [-0.4, -0.2) is 41.0 Å². The number of esters is 1. The van der Waals surface area contributed by atoms with Gasteiger partial charge in [-0.1, -0.05) is 41.6 Å². The number of amides is 1. The summed E-state index contributed by atoms with van der Waals surface area (Å²) >= 11 is 8.37. The molecule has 0 aliphatic heterocycles. The van der Waals surface area contributed by atoms with Gasteiger partial charge in [0.25, 0.3) is 5.91 Å². The minimum absolute atomic E-state index is 0.135. The first kappa shape index (κ1) is 20.5. The van der Waals surface area contributed by atoms with E-state index in [0.29, 0.717) is 26.7 Å². The van der Waals surface area contributed by atoms with E-state index >= 15 is 0 Å². The predicted molar refractivity (Wildman–Crippen MR) is 102 cm³/mol. The maximum Gasteiger partial charge on any atom is 0.316 e. The summed E-state index contributed by atoms with van der Waals surface area (Å²) in [7, 11) is 1.32. The summed E-state index contributed by atoms with van der Waals surface area (Å²) in [6.07, 6.45) is -0.193. The number of carbonyl (C=O) groups is 2. The highest BCUT2D eigenvalue weighted by molar-refractivity contribution is 8.01. The number of rotatable bonds is 8. The van der Waals surface area contributed by atoms with Crippen molar-refractivity contribution < 1.29 is 19.1 Å². The summed E-state index contributed by atoms with van der Waals surface area (Å²) in [6, 6.07) is 5.23. The number of nitrogens with zero attached hydrogens (tertiary/aromatic N) is 2. The van der Waals surface area contributed by atoms with Gasteiger partial charge in [-0.3, -0.25) is 14.9 Å². The lowest BCUT2D eigenvalue weighted by Gasteiger charge is -2.16. The predicted octanol–water partition coefficient (Wildman–Crippen LogP) is 3.56. The Bertz CT molecular complexity index is 785. The number of hydrogen-bond donors (Lipinski definition) is 1. The first-order valence-corrected chi connectivity index (χ1v) is 9.87. The second-order valence-electron chi connectivity index (χ2n) is 5.15. The van der Waals surface area contributed by atoms with Crippen molar-refractivity contribution >= 4 is 51.7 Å². The van der Waals surface area contributed by atoms with Gasteiger partial charge in [0.15, 0.2) is 10.4 Å². The third-order valence-corrected chi connectivity index (χ3v) is 5.62. The smallest absolute Gasteiger partial charge is 0.316 e. The number of ether oxygens (including phenoxy) is 2. The first-order valence-electron chi connectivity index (χ1n) is 7.69. The largest absolute Gasteiger partial charge is 0.481 e. The lowest BCUT2D eigenvalue weighted by atomic mass is 10.2. The van der Waals surface area contributed by atoms with Gasteiger partial charge in [0.2, 0.25) is 5.13 Å². The fraction of sp³-hybridized carbons (Fsp3) is 0.375. The molecule has 0 saturated heterocycles. The monoisotopic (exact) mass is 415 g/mol. The van der Waals surface area contributed by atoms with Crippen LogP contribution in [0.4, 0.5) is 5.13 Å². The third kappa shape index (κ3) is 5.86. The van der Waals surface area contributed by atoms with Crippen LogP contribution < -0.4 is 10.1 Å². The number of methoxy groups -OCH3 is 1. The molecular weight excluding hydrogens is 398 g/mol. The van der Waals surface area contributed by atoms with Gasteiger partial charge in [0.05, 0.1) is 12.9 Å². The molecule has 1 aromatic carbocycles. The third-order valence-electron chi connectivity index (χ3n) is 3.25. The van der Waals surface area contributed by atoms with Crippen LogP contribution in [-0.2, 0) is 14.3 Å². The number of halogens is 1. The minimum Gasteiger partial charge on any atom is -0.481 e. The lowest BCUT2D eigenvalue weighted by molar-refractivity contribution is -0.137. The van der Waals surface area contributed by atoms with E-state index in [2.05, 4.69) is 20.3 Å². The first-order chi connectivity index (χ1) is 12.4. The number of anilines is 1. The Balaban J connectivity index is 1.95. The highest BCUT2D eigenvalue weighted by atomic mass is 35.5. The fourth-order valence-electron chi connectivity index (χ4n) is 1.86. The zero-order valence-electron chi connectivity index (χ0n) is 14.4. The van der Waals surface area contributed by atoms with Crippen molar-refractivity contribution in [2.45, 2.75) is 30.7 Å². The van der Waals surface area contributed by atoms with Crippen molar-refractivity contribution in [1.29, 1.82) is 0 Å². The molecule has 1 atom stereocenters. The van der Waals surface area contributed by atoms with Crippen LogP contribution >= 0.6 is 34.7 Å². The average molecular weight is 416 g/mol. The van der Waals surface area contributed by atoms with Crippen LogP contribution in [0, 0.1) is 6.92 Å². The van der Waals surface area contributed by atoms with Crippen LogP contribution in [0.3, 0.4) is 0 Å². The van der Waals surface area contributed by atoms with Crippen molar-refractivity contribution in [2.24, 2.45) is 0 Å². The zero-order valence-corrected chi connectivity index (χ0v) is 16.8. The quantitative estimate of drug-likeness (QED) is 0.400. The maximum absolute atomic E-state index is 12.4. The van der Waals surface area contributed by atoms with Crippen LogP contribution in [0.1, 0.15) is 18.9 Å². The summed E-state index contributed by atoms with van der Waals surface area (Å²) in [4.78, 5) is 23.6. The molecule has 0 fully saturated rings. The normalized spacial score (nSPS) is 11.7. The van der Waals surface area contributed by atoms with E-state index in [-0.39, 0.29) is 17.6 Å². The molecule has 2 aromatic rings. The highest BCUT2D eigenvalue weighted by Gasteiger charge is 2.20. The SMILES string of the molecule is CC[C@@H](Oc1ccc(Cl)c(C)c1)C(=O)Nc1nnc(SCC(=O)OC)s1. The Kier molecular flexibility index (Phi) is 7.67. The molecule has 0 spiro atoms. The number of nitrogens with one attached hydrogen (secondary N) is 1. The Hall–Kier alpha value is -1.84. The molecule has 1 amide bonds. The van der Waals surface area contributed by atoms with Gasteiger partial charge in [-0.2, -0.15) is 0 Å². The van der Waals surface area contributed by atoms with Crippen LogP contribution in [0.25, 0.3) is 0 Å². The minimum atomic E-state index is -0.675. The van der Waals surface area contributed by atoms with E-state index in [0.717, 1.165) is 5.56 Å². The van der Waals surface area contributed by atoms with Crippen molar-refractivity contribution in [3.63, 3.8) is 0 Å². The molecule has 1 aromatic heterocycles. The fourth-order valence-corrected chi connectivity index (χ4v) is 3.57. The molecule has 0 aliphatic carbocycles. The highest BCUT2D eigenvalue weighted by Crippen LogP contribution is 2.26. The molecule has 0 saturated carbocycles. The molecule has 0 radical (unpaired) electrons. The van der Waals surface area contributed by atoms with E-state index in [1.807, 2.05) is 13.8 Å². The summed E-state index contributed by atoms with van der Waals surface area (Å²) in [5.41, 5.74) is 0.871. The maximum atomic E-state index is 12.4. The van der Waals surface area contributed by atoms with Gasteiger partial charge in [-0.25, -0.2) is 0 Å². The molecule has 0 unspecified atom stereocenters. The van der Waals surface area contributed by atoms with Gasteiger partial charge in [-0.05, 0) is 37.1 Å². The van der Waals surface area contributed by atoms with E-state index in [4.69, 9.17) is 16.3 Å². The average Bonchev–Trinajstić information content (AvgIpc) is 3.07. The Morgan fingerprint density at radius 1 is 1.38 bits per heavy atom. The van der Waals surface area contributed by atoms with Gasteiger partial charge in [0.1, 0.15) is 5.75 Å². The van der Waals surface area contributed by atoms with Gasteiger partial charge < -0.3 is 9.47 Å². The Morgan fingerprint density at radius 3 is 2.81 bits per heavy atom. The van der Waals surface area contributed by atoms with Gasteiger partial charge >= 0.3 is 5.97 Å². The molecule has 0 aliphatic rings. The molecule has 7 nitrogen and oxygen atoms in total. The summed E-state index contributed by atoms with van der Waals surface area (Å²) < 4.78 is 10.9. The Morgan fingerprint density at radius 2 is 2.15 bits per heavy atom. The van der Waals surface area contributed by atoms with Gasteiger partial charge in [-0.15, -0.1) is 10.2 Å². The molecule has 1 heterocycles. The number of aryl methyl sites for hydroxylation is 1.